The SMILES string of the molecule is N#CNC(=O)c1cc(Br)ccc1Br. The topological polar surface area (TPSA) is 52.9 Å². The summed E-state index contributed by atoms with van der Waals surface area (Å²) < 4.78 is 1.45. The number of halogens is 2. The summed E-state index contributed by atoms with van der Waals surface area (Å²) in [6.07, 6.45) is 1.58. The number of rotatable bonds is 1. The van der Waals surface area contributed by atoms with E-state index in [1.165, 1.54) is 0 Å². The molecule has 0 saturated heterocycles. The van der Waals surface area contributed by atoms with E-state index in [4.69, 9.17) is 5.26 Å². The van der Waals surface area contributed by atoms with Crippen LogP contribution in [0.3, 0.4) is 0 Å². The second kappa shape index (κ2) is 4.40. The van der Waals surface area contributed by atoms with Gasteiger partial charge in [0, 0.05) is 8.95 Å². The average molecular weight is 304 g/mol. The molecule has 0 fully saturated rings. The maximum absolute atomic E-state index is 11.2. The van der Waals surface area contributed by atoms with Gasteiger partial charge in [-0.2, -0.15) is 5.26 Å². The van der Waals surface area contributed by atoms with Crippen LogP contribution in [0.5, 0.6) is 0 Å². The molecule has 1 N–H and O–H groups in total. The van der Waals surface area contributed by atoms with E-state index in [0.29, 0.717) is 10.0 Å². The second-order valence-corrected chi connectivity index (χ2v) is 3.96. The molecule has 0 aliphatic heterocycles. The van der Waals surface area contributed by atoms with E-state index in [1.807, 2.05) is 5.32 Å². The molecular weight excluding hydrogens is 300 g/mol. The van der Waals surface area contributed by atoms with Crippen molar-refractivity contribution in [2.45, 2.75) is 0 Å². The normalized spacial score (nSPS) is 9.00. The molecule has 0 atom stereocenters. The summed E-state index contributed by atoms with van der Waals surface area (Å²) in [6, 6.07) is 5.17. The molecule has 0 heterocycles. The van der Waals surface area contributed by atoms with Gasteiger partial charge in [0.25, 0.3) is 5.91 Å². The number of carbonyl (C=O) groups is 1. The Hall–Kier alpha value is -0.860. The van der Waals surface area contributed by atoms with Crippen molar-refractivity contribution in [3.63, 3.8) is 0 Å². The van der Waals surface area contributed by atoms with Crippen molar-refractivity contribution in [1.82, 2.24) is 5.32 Å². The maximum Gasteiger partial charge on any atom is 0.265 e. The van der Waals surface area contributed by atoms with Gasteiger partial charge < -0.3 is 0 Å². The first-order valence-electron chi connectivity index (χ1n) is 3.29. The van der Waals surface area contributed by atoms with E-state index < -0.39 is 5.91 Å². The van der Waals surface area contributed by atoms with Crippen molar-refractivity contribution in [2.24, 2.45) is 0 Å². The summed E-state index contributed by atoms with van der Waals surface area (Å²) in [7, 11) is 0. The molecule has 0 radical (unpaired) electrons. The Morgan fingerprint density at radius 3 is 2.77 bits per heavy atom. The van der Waals surface area contributed by atoms with Crippen LogP contribution in [0.2, 0.25) is 0 Å². The zero-order valence-electron chi connectivity index (χ0n) is 6.34. The van der Waals surface area contributed by atoms with E-state index in [9.17, 15) is 4.79 Å². The molecule has 66 valence electrons. The first-order valence-corrected chi connectivity index (χ1v) is 4.88. The smallest absolute Gasteiger partial charge is 0.265 e. The number of hydrogen-bond donors (Lipinski definition) is 1. The number of nitriles is 1. The van der Waals surface area contributed by atoms with Gasteiger partial charge in [-0.1, -0.05) is 15.9 Å². The average Bonchev–Trinajstić information content (AvgIpc) is 2.09. The predicted molar refractivity (Wildman–Crippen MR) is 54.9 cm³/mol. The summed E-state index contributed by atoms with van der Waals surface area (Å²) >= 11 is 6.44. The molecule has 0 bridgehead atoms. The molecule has 3 nitrogen and oxygen atoms in total. The fourth-order valence-corrected chi connectivity index (χ4v) is 1.58. The molecule has 1 aromatic rings. The lowest BCUT2D eigenvalue weighted by Gasteiger charge is -2.01. The standard InChI is InChI=1S/C8H4Br2N2O/c9-5-1-2-7(10)6(3-5)8(13)12-4-11/h1-3H,(H,12,13). The first-order chi connectivity index (χ1) is 6.15. The van der Waals surface area contributed by atoms with E-state index in [2.05, 4.69) is 31.9 Å². The third-order valence-corrected chi connectivity index (χ3v) is 2.53. The molecule has 0 spiro atoms. The Labute approximate surface area is 92.0 Å². The summed E-state index contributed by atoms with van der Waals surface area (Å²) in [4.78, 5) is 11.2. The number of nitrogens with zero attached hydrogens (tertiary/aromatic N) is 1. The van der Waals surface area contributed by atoms with Crippen LogP contribution in [0, 0.1) is 11.5 Å². The molecule has 0 saturated carbocycles. The lowest BCUT2D eigenvalue weighted by Crippen LogP contribution is -2.17. The molecule has 0 aromatic heterocycles. The molecule has 1 amide bonds. The minimum atomic E-state index is -0.421. The molecule has 1 aromatic carbocycles. The van der Waals surface area contributed by atoms with Gasteiger partial charge in [-0.3, -0.25) is 10.1 Å². The minimum Gasteiger partial charge on any atom is -0.268 e. The lowest BCUT2D eigenvalue weighted by atomic mass is 10.2. The van der Waals surface area contributed by atoms with Crippen molar-refractivity contribution in [3.05, 3.63) is 32.7 Å². The van der Waals surface area contributed by atoms with Crippen LogP contribution in [0.4, 0.5) is 0 Å². The van der Waals surface area contributed by atoms with Crippen molar-refractivity contribution in [3.8, 4) is 6.19 Å². The van der Waals surface area contributed by atoms with E-state index in [0.717, 1.165) is 4.47 Å². The fourth-order valence-electron chi connectivity index (χ4n) is 0.790. The van der Waals surface area contributed by atoms with Crippen LogP contribution in [0.25, 0.3) is 0 Å². The Morgan fingerprint density at radius 2 is 2.15 bits per heavy atom. The molecule has 13 heavy (non-hydrogen) atoms. The van der Waals surface area contributed by atoms with Crippen molar-refractivity contribution < 1.29 is 4.79 Å². The lowest BCUT2D eigenvalue weighted by molar-refractivity contribution is 0.0972. The fraction of sp³-hybridized carbons (Fsp3) is 0. The van der Waals surface area contributed by atoms with Gasteiger partial charge >= 0.3 is 0 Å². The molecule has 1 rings (SSSR count). The zero-order chi connectivity index (χ0) is 9.84. The van der Waals surface area contributed by atoms with Crippen LogP contribution < -0.4 is 5.32 Å². The van der Waals surface area contributed by atoms with Crippen molar-refractivity contribution >= 4 is 37.8 Å². The predicted octanol–water partition coefficient (Wildman–Crippen LogP) is 2.42. The second-order valence-electron chi connectivity index (χ2n) is 2.19. The highest BCUT2D eigenvalue weighted by Crippen LogP contribution is 2.21. The molecule has 0 aliphatic rings. The number of nitrogens with one attached hydrogen (secondary N) is 1. The Bertz CT molecular complexity index is 384. The van der Waals surface area contributed by atoms with Gasteiger partial charge in [-0.25, -0.2) is 0 Å². The highest BCUT2D eigenvalue weighted by atomic mass is 79.9. The van der Waals surface area contributed by atoms with Gasteiger partial charge in [0.15, 0.2) is 6.19 Å². The Morgan fingerprint density at radius 1 is 1.46 bits per heavy atom. The van der Waals surface area contributed by atoms with Gasteiger partial charge in [0.2, 0.25) is 0 Å². The van der Waals surface area contributed by atoms with Gasteiger partial charge in [0.05, 0.1) is 5.56 Å². The monoisotopic (exact) mass is 302 g/mol. The number of amides is 1. The number of hydrogen-bond acceptors (Lipinski definition) is 2. The third kappa shape index (κ3) is 2.54. The van der Waals surface area contributed by atoms with E-state index in [1.54, 1.807) is 24.4 Å². The van der Waals surface area contributed by atoms with Crippen LogP contribution in [-0.2, 0) is 0 Å². The Kier molecular flexibility index (Phi) is 3.46. The summed E-state index contributed by atoms with van der Waals surface area (Å²) in [6.45, 7) is 0. The summed E-state index contributed by atoms with van der Waals surface area (Å²) in [5.74, 6) is -0.421. The van der Waals surface area contributed by atoms with E-state index in [-0.39, 0.29) is 0 Å². The third-order valence-electron chi connectivity index (χ3n) is 1.34. The van der Waals surface area contributed by atoms with Gasteiger partial charge in [-0.05, 0) is 34.1 Å². The van der Waals surface area contributed by atoms with Crippen LogP contribution >= 0.6 is 31.9 Å². The maximum atomic E-state index is 11.2. The first kappa shape index (κ1) is 10.2. The molecular formula is C8H4Br2N2O. The van der Waals surface area contributed by atoms with Crippen molar-refractivity contribution in [2.75, 3.05) is 0 Å². The largest absolute Gasteiger partial charge is 0.268 e. The minimum absolute atomic E-state index is 0.421. The van der Waals surface area contributed by atoms with Crippen LogP contribution in [-0.4, -0.2) is 5.91 Å². The zero-order valence-corrected chi connectivity index (χ0v) is 9.52. The summed E-state index contributed by atoms with van der Waals surface area (Å²) in [5.41, 5.74) is 0.427. The molecule has 0 unspecified atom stereocenters. The molecule has 5 heteroatoms. The van der Waals surface area contributed by atoms with Crippen LogP contribution in [0.15, 0.2) is 27.1 Å². The summed E-state index contributed by atoms with van der Waals surface area (Å²) in [5, 5.41) is 10.3. The Balaban J connectivity index is 3.07. The van der Waals surface area contributed by atoms with E-state index >= 15 is 0 Å². The van der Waals surface area contributed by atoms with Crippen LogP contribution in [0.1, 0.15) is 10.4 Å². The van der Waals surface area contributed by atoms with Crippen molar-refractivity contribution in [1.29, 1.82) is 5.26 Å². The van der Waals surface area contributed by atoms with Gasteiger partial charge in [0.1, 0.15) is 0 Å². The highest BCUT2D eigenvalue weighted by molar-refractivity contribution is 9.11. The highest BCUT2D eigenvalue weighted by Gasteiger charge is 2.09. The number of carbonyl (C=O) groups excluding carboxylic acids is 1. The molecule has 0 aliphatic carbocycles. The van der Waals surface area contributed by atoms with Gasteiger partial charge in [-0.15, -0.1) is 0 Å². The number of benzene rings is 1. The quantitative estimate of drug-likeness (QED) is 0.640.